The molecule has 6 heteroatoms. The Morgan fingerprint density at radius 2 is 1.70 bits per heavy atom. The van der Waals surface area contributed by atoms with Crippen molar-refractivity contribution in [3.63, 3.8) is 0 Å². The lowest BCUT2D eigenvalue weighted by Gasteiger charge is -2.08. The van der Waals surface area contributed by atoms with Gasteiger partial charge in [0.05, 0.1) is 10.9 Å². The largest absolute Gasteiger partial charge is 0.326 e. The molecule has 0 aliphatic carbocycles. The van der Waals surface area contributed by atoms with Crippen molar-refractivity contribution in [1.82, 2.24) is 4.31 Å². The van der Waals surface area contributed by atoms with E-state index in [-0.39, 0.29) is 16.8 Å². The summed E-state index contributed by atoms with van der Waals surface area (Å²) in [5, 5.41) is 2.62. The molecule has 1 saturated heterocycles. The third-order valence-electron chi connectivity index (χ3n) is 3.81. The van der Waals surface area contributed by atoms with Gasteiger partial charge in [-0.3, -0.25) is 4.79 Å². The Morgan fingerprint density at radius 1 is 1.09 bits per heavy atom. The van der Waals surface area contributed by atoms with Crippen LogP contribution >= 0.6 is 0 Å². The number of hydrogen-bond donors (Lipinski definition) is 1. The van der Waals surface area contributed by atoms with Gasteiger partial charge in [0.25, 0.3) is 0 Å². The number of rotatable bonds is 4. The molecule has 120 valence electrons. The normalized spacial score (nSPS) is 20.1. The smallest absolute Gasteiger partial charge is 0.243 e. The molecule has 2 aromatic carbocycles. The summed E-state index contributed by atoms with van der Waals surface area (Å²) < 4.78 is 26.7. The van der Waals surface area contributed by atoms with E-state index in [0.717, 1.165) is 11.1 Å². The van der Waals surface area contributed by atoms with E-state index in [1.165, 1.54) is 23.4 Å². The third-order valence-corrected chi connectivity index (χ3v) is 5.70. The van der Waals surface area contributed by atoms with Crippen LogP contribution in [0.1, 0.15) is 24.1 Å². The summed E-state index contributed by atoms with van der Waals surface area (Å²) in [5.74, 6) is -0.189. The van der Waals surface area contributed by atoms with Crippen molar-refractivity contribution in [3.8, 4) is 0 Å². The minimum atomic E-state index is -3.50. The Bertz CT molecular complexity index is 827. The Labute approximate surface area is 136 Å². The van der Waals surface area contributed by atoms with E-state index in [4.69, 9.17) is 0 Å². The highest BCUT2D eigenvalue weighted by atomic mass is 32.2. The standard InChI is InChI=1S/C17H18N2O3S/c1-12-3-5-14(6-4-12)17-11-19(17)23(21,22)16-9-7-15(8-10-16)18-13(2)20/h3-10,17H,11H2,1-2H3,(H,18,20). The van der Waals surface area contributed by atoms with Crippen molar-refractivity contribution >= 4 is 21.6 Å². The van der Waals surface area contributed by atoms with Crippen molar-refractivity contribution < 1.29 is 13.2 Å². The average Bonchev–Trinajstić information content (AvgIpc) is 3.29. The second-order valence-electron chi connectivity index (χ2n) is 5.71. The van der Waals surface area contributed by atoms with Crippen LogP contribution in [-0.2, 0) is 14.8 Å². The van der Waals surface area contributed by atoms with Crippen LogP contribution in [0.2, 0.25) is 0 Å². The summed E-state index contributed by atoms with van der Waals surface area (Å²) in [6.07, 6.45) is 0. The van der Waals surface area contributed by atoms with E-state index in [0.29, 0.717) is 12.2 Å². The fraction of sp³-hybridized carbons (Fsp3) is 0.235. The molecule has 0 saturated carbocycles. The van der Waals surface area contributed by atoms with Crippen molar-refractivity contribution in [3.05, 3.63) is 59.7 Å². The molecule has 0 bridgehead atoms. The van der Waals surface area contributed by atoms with Crippen LogP contribution in [-0.4, -0.2) is 25.2 Å². The van der Waals surface area contributed by atoms with Gasteiger partial charge in [-0.1, -0.05) is 29.8 Å². The molecule has 3 rings (SSSR count). The molecule has 2 aromatic rings. The average molecular weight is 330 g/mol. The second-order valence-corrected chi connectivity index (χ2v) is 7.60. The summed E-state index contributed by atoms with van der Waals surface area (Å²) in [4.78, 5) is 11.2. The molecule has 1 N–H and O–H groups in total. The van der Waals surface area contributed by atoms with Crippen molar-refractivity contribution in [1.29, 1.82) is 0 Å². The maximum absolute atomic E-state index is 12.6. The lowest BCUT2D eigenvalue weighted by Crippen LogP contribution is -2.13. The van der Waals surface area contributed by atoms with E-state index in [9.17, 15) is 13.2 Å². The first-order chi connectivity index (χ1) is 10.9. The number of sulfonamides is 1. The Kier molecular flexibility index (Phi) is 3.95. The Morgan fingerprint density at radius 3 is 2.26 bits per heavy atom. The molecule has 5 nitrogen and oxygen atoms in total. The van der Waals surface area contributed by atoms with Crippen molar-refractivity contribution in [2.75, 3.05) is 11.9 Å². The van der Waals surface area contributed by atoms with Gasteiger partial charge in [-0.2, -0.15) is 4.31 Å². The van der Waals surface area contributed by atoms with E-state index >= 15 is 0 Å². The van der Waals surface area contributed by atoms with Gasteiger partial charge in [0, 0.05) is 19.2 Å². The molecule has 1 fully saturated rings. The number of carbonyl (C=O) groups excluding carboxylic acids is 1. The van der Waals surface area contributed by atoms with Crippen molar-refractivity contribution in [2.45, 2.75) is 24.8 Å². The van der Waals surface area contributed by atoms with Gasteiger partial charge < -0.3 is 5.32 Å². The predicted octanol–water partition coefficient (Wildman–Crippen LogP) is 2.70. The molecule has 2 atom stereocenters. The zero-order chi connectivity index (χ0) is 16.6. The molecule has 1 amide bonds. The molecule has 0 radical (unpaired) electrons. The molecule has 2 unspecified atom stereocenters. The first-order valence-corrected chi connectivity index (χ1v) is 8.78. The summed E-state index contributed by atoms with van der Waals surface area (Å²) in [6.45, 7) is 3.91. The zero-order valence-corrected chi connectivity index (χ0v) is 13.8. The monoisotopic (exact) mass is 330 g/mol. The lowest BCUT2D eigenvalue weighted by atomic mass is 10.1. The number of nitrogens with one attached hydrogen (secondary N) is 1. The summed E-state index contributed by atoms with van der Waals surface area (Å²) in [5.41, 5.74) is 2.74. The maximum Gasteiger partial charge on any atom is 0.243 e. The fourth-order valence-corrected chi connectivity index (χ4v) is 4.04. The molecular weight excluding hydrogens is 312 g/mol. The molecule has 0 aromatic heterocycles. The predicted molar refractivity (Wildman–Crippen MR) is 88.6 cm³/mol. The lowest BCUT2D eigenvalue weighted by molar-refractivity contribution is -0.114. The van der Waals surface area contributed by atoms with Gasteiger partial charge in [0.2, 0.25) is 15.9 Å². The van der Waals surface area contributed by atoms with Gasteiger partial charge >= 0.3 is 0 Å². The quantitative estimate of drug-likeness (QED) is 0.877. The first-order valence-electron chi connectivity index (χ1n) is 7.34. The highest BCUT2D eigenvalue weighted by molar-refractivity contribution is 7.89. The maximum atomic E-state index is 12.6. The number of anilines is 1. The van der Waals surface area contributed by atoms with Crippen LogP contribution in [0.4, 0.5) is 5.69 Å². The molecule has 1 aliphatic heterocycles. The van der Waals surface area contributed by atoms with E-state index in [1.807, 2.05) is 31.2 Å². The number of amides is 1. The summed E-state index contributed by atoms with van der Waals surface area (Å²) in [6, 6.07) is 14.1. The van der Waals surface area contributed by atoms with Crippen LogP contribution in [0.3, 0.4) is 0 Å². The molecule has 1 aliphatic rings. The minimum Gasteiger partial charge on any atom is -0.326 e. The number of benzene rings is 2. The van der Waals surface area contributed by atoms with Crippen LogP contribution in [0, 0.1) is 6.92 Å². The van der Waals surface area contributed by atoms with Crippen LogP contribution in [0.15, 0.2) is 53.4 Å². The summed E-state index contributed by atoms with van der Waals surface area (Å²) >= 11 is 0. The van der Waals surface area contributed by atoms with E-state index in [2.05, 4.69) is 5.32 Å². The summed E-state index contributed by atoms with van der Waals surface area (Å²) in [7, 11) is -3.50. The zero-order valence-electron chi connectivity index (χ0n) is 13.0. The topological polar surface area (TPSA) is 66.2 Å². The number of nitrogens with zero attached hydrogens (tertiary/aromatic N) is 1. The molecule has 0 spiro atoms. The van der Waals surface area contributed by atoms with Gasteiger partial charge in [0.1, 0.15) is 0 Å². The van der Waals surface area contributed by atoms with E-state index in [1.54, 1.807) is 12.1 Å². The van der Waals surface area contributed by atoms with E-state index < -0.39 is 10.0 Å². The fourth-order valence-electron chi connectivity index (χ4n) is 2.50. The van der Waals surface area contributed by atoms with Gasteiger partial charge in [-0.05, 0) is 36.8 Å². The van der Waals surface area contributed by atoms with Gasteiger partial charge in [0.15, 0.2) is 0 Å². The van der Waals surface area contributed by atoms with Crippen LogP contribution in [0.25, 0.3) is 0 Å². The van der Waals surface area contributed by atoms with Gasteiger partial charge in [-0.15, -0.1) is 0 Å². The van der Waals surface area contributed by atoms with Crippen LogP contribution in [0.5, 0.6) is 0 Å². The minimum absolute atomic E-state index is 0.0874. The number of aryl methyl sites for hydroxylation is 1. The van der Waals surface area contributed by atoms with Crippen molar-refractivity contribution in [2.24, 2.45) is 0 Å². The molecule has 23 heavy (non-hydrogen) atoms. The Balaban J connectivity index is 1.77. The number of carbonyl (C=O) groups is 1. The molecule has 1 heterocycles. The second kappa shape index (κ2) is 5.79. The van der Waals surface area contributed by atoms with Gasteiger partial charge in [-0.25, -0.2) is 8.42 Å². The highest BCUT2D eigenvalue weighted by Gasteiger charge is 2.45. The molecular formula is C17H18N2O3S. The SMILES string of the molecule is CC(=O)Nc1ccc(S(=O)(=O)N2CC2c2ccc(C)cc2)cc1. The highest BCUT2D eigenvalue weighted by Crippen LogP contribution is 2.40. The third kappa shape index (κ3) is 3.28. The Hall–Kier alpha value is -2.18. The number of hydrogen-bond acceptors (Lipinski definition) is 3. The first kappa shape index (κ1) is 15.7. The van der Waals surface area contributed by atoms with Crippen LogP contribution < -0.4 is 5.32 Å².